The minimum absolute atomic E-state index is 0.0144. The number of carbonyl (C=O) groups excluding carboxylic acids is 2. The number of amides is 2. The van der Waals surface area contributed by atoms with Crippen LogP contribution in [0.3, 0.4) is 0 Å². The van der Waals surface area contributed by atoms with Crippen molar-refractivity contribution < 1.29 is 14.3 Å². The van der Waals surface area contributed by atoms with Crippen molar-refractivity contribution in [3.8, 4) is 16.9 Å². The summed E-state index contributed by atoms with van der Waals surface area (Å²) < 4.78 is 5.30. The first-order valence-electron chi connectivity index (χ1n) is 11.8. The second-order valence-electron chi connectivity index (χ2n) is 9.33. The summed E-state index contributed by atoms with van der Waals surface area (Å²) in [5.41, 5.74) is 6.17. The van der Waals surface area contributed by atoms with E-state index in [1.54, 1.807) is 7.11 Å². The fourth-order valence-electron chi connectivity index (χ4n) is 5.12. The van der Waals surface area contributed by atoms with Gasteiger partial charge in [0.1, 0.15) is 5.75 Å². The summed E-state index contributed by atoms with van der Waals surface area (Å²) in [6, 6.07) is 15.5. The molecule has 0 saturated carbocycles. The van der Waals surface area contributed by atoms with Gasteiger partial charge in [-0.25, -0.2) is 0 Å². The van der Waals surface area contributed by atoms with Crippen molar-refractivity contribution in [2.45, 2.75) is 25.9 Å². The lowest BCUT2D eigenvalue weighted by Gasteiger charge is -2.29. The second kappa shape index (κ2) is 9.07. The van der Waals surface area contributed by atoms with Crippen LogP contribution in [0.5, 0.6) is 5.75 Å². The molecule has 2 aliphatic rings. The van der Waals surface area contributed by atoms with Crippen molar-refractivity contribution in [3.63, 3.8) is 0 Å². The van der Waals surface area contributed by atoms with Crippen LogP contribution in [-0.2, 0) is 4.79 Å². The molecule has 0 aliphatic carbocycles. The summed E-state index contributed by atoms with van der Waals surface area (Å²) in [5.74, 6) is 0.577. The highest BCUT2D eigenvalue weighted by Gasteiger charge is 2.33. The Bertz CT molecular complexity index is 1320. The van der Waals surface area contributed by atoms with E-state index in [0.29, 0.717) is 16.8 Å². The van der Waals surface area contributed by atoms with Crippen LogP contribution >= 0.6 is 0 Å². The molecule has 7 heteroatoms. The zero-order valence-electron chi connectivity index (χ0n) is 20.5. The summed E-state index contributed by atoms with van der Waals surface area (Å²) in [6.07, 6.45) is 3.83. The summed E-state index contributed by atoms with van der Waals surface area (Å²) in [7, 11) is 5.64. The number of nitrogens with one attached hydrogen (secondary N) is 2. The molecule has 0 radical (unpaired) electrons. The molecule has 180 valence electrons. The molecule has 0 spiro atoms. The maximum absolute atomic E-state index is 13.6. The lowest BCUT2D eigenvalue weighted by molar-refractivity contribution is -0.110. The highest BCUT2D eigenvalue weighted by Crippen LogP contribution is 2.41. The zero-order chi connectivity index (χ0) is 24.7. The molecule has 1 saturated heterocycles. The number of likely N-dealkylation sites (tertiary alicyclic amines) is 1. The molecule has 2 aromatic carbocycles. The van der Waals surface area contributed by atoms with E-state index in [4.69, 9.17) is 4.74 Å². The summed E-state index contributed by atoms with van der Waals surface area (Å²) in [5, 5.41) is 2.99. The Kier molecular flexibility index (Phi) is 5.94. The van der Waals surface area contributed by atoms with Gasteiger partial charge in [0.2, 0.25) is 0 Å². The van der Waals surface area contributed by atoms with E-state index in [1.807, 2.05) is 80.5 Å². The van der Waals surface area contributed by atoms with Gasteiger partial charge in [0.25, 0.3) is 11.8 Å². The van der Waals surface area contributed by atoms with Gasteiger partial charge in [0, 0.05) is 23.5 Å². The van der Waals surface area contributed by atoms with Gasteiger partial charge in [-0.2, -0.15) is 0 Å². The van der Waals surface area contributed by atoms with Crippen LogP contribution in [-0.4, -0.2) is 60.5 Å². The molecule has 1 atom stereocenters. The van der Waals surface area contributed by atoms with E-state index in [-0.39, 0.29) is 18.0 Å². The molecule has 0 bridgehead atoms. The van der Waals surface area contributed by atoms with Gasteiger partial charge < -0.3 is 19.9 Å². The number of methoxy groups -OCH3 is 1. The third-order valence-electron chi connectivity index (χ3n) is 6.81. The average Bonchev–Trinajstić information content (AvgIpc) is 3.56. The Labute approximate surface area is 205 Å². The minimum atomic E-state index is -0.182. The number of fused-ring (bicyclic) bond motifs is 1. The maximum atomic E-state index is 13.6. The van der Waals surface area contributed by atoms with Gasteiger partial charge in [-0.15, -0.1) is 0 Å². The standard InChI is InChI=1S/C28H30N4O3/c1-17-15-21(28(34)32-14-6-9-25(32)31(2)3)24(29-17)16-22-26-20(7-5-8-23(26)30-27(22)33)18-10-12-19(35-4)13-11-18/h5,7-8,10-13,15-16,25,29H,6,9,14H2,1-4H3,(H,30,33)/t25-/m0/s1. The van der Waals surface area contributed by atoms with Gasteiger partial charge in [-0.1, -0.05) is 24.3 Å². The smallest absolute Gasteiger partial charge is 0.257 e. The molecule has 1 fully saturated rings. The van der Waals surface area contributed by atoms with Crippen molar-refractivity contribution >= 4 is 29.2 Å². The molecule has 2 aliphatic heterocycles. The van der Waals surface area contributed by atoms with Crippen LogP contribution in [0.2, 0.25) is 0 Å². The van der Waals surface area contributed by atoms with E-state index in [2.05, 4.69) is 15.2 Å². The molecule has 7 nitrogen and oxygen atoms in total. The Hall–Kier alpha value is -3.84. The molecule has 2 amide bonds. The van der Waals surface area contributed by atoms with Crippen LogP contribution in [0.25, 0.3) is 22.8 Å². The minimum Gasteiger partial charge on any atom is -0.497 e. The normalized spacial score (nSPS) is 18.3. The molecule has 2 N–H and O–H groups in total. The molecule has 35 heavy (non-hydrogen) atoms. The number of rotatable bonds is 5. The predicted molar refractivity (Wildman–Crippen MR) is 138 cm³/mol. The third kappa shape index (κ3) is 4.12. The van der Waals surface area contributed by atoms with E-state index in [9.17, 15) is 9.59 Å². The number of ether oxygens (including phenoxy) is 1. The fourth-order valence-corrected chi connectivity index (χ4v) is 5.12. The zero-order valence-corrected chi connectivity index (χ0v) is 20.5. The Morgan fingerprint density at radius 1 is 1.17 bits per heavy atom. The first kappa shape index (κ1) is 22.9. The summed E-state index contributed by atoms with van der Waals surface area (Å²) >= 11 is 0. The number of aryl methyl sites for hydroxylation is 1. The van der Waals surface area contributed by atoms with E-state index < -0.39 is 0 Å². The number of aromatic amines is 1. The number of H-pyrrole nitrogens is 1. The number of aromatic nitrogens is 1. The lowest BCUT2D eigenvalue weighted by atomic mass is 9.94. The van der Waals surface area contributed by atoms with Gasteiger partial charge >= 0.3 is 0 Å². The van der Waals surface area contributed by atoms with Crippen molar-refractivity contribution in [2.24, 2.45) is 0 Å². The number of hydrogen-bond donors (Lipinski definition) is 2. The van der Waals surface area contributed by atoms with Crippen LogP contribution in [0.15, 0.2) is 48.5 Å². The Balaban J connectivity index is 1.58. The largest absolute Gasteiger partial charge is 0.497 e. The molecular formula is C28H30N4O3. The van der Waals surface area contributed by atoms with Gasteiger partial charge in [0.05, 0.1) is 30.1 Å². The van der Waals surface area contributed by atoms with Gasteiger partial charge in [-0.05, 0) is 75.3 Å². The van der Waals surface area contributed by atoms with Crippen molar-refractivity contribution in [2.75, 3.05) is 33.1 Å². The van der Waals surface area contributed by atoms with Crippen LogP contribution < -0.4 is 10.1 Å². The summed E-state index contributed by atoms with van der Waals surface area (Å²) in [4.78, 5) is 34.0. The highest BCUT2D eigenvalue weighted by atomic mass is 16.5. The molecule has 0 unspecified atom stereocenters. The van der Waals surface area contributed by atoms with Gasteiger partial charge in [-0.3, -0.25) is 14.5 Å². The number of nitrogens with zero attached hydrogens (tertiary/aromatic N) is 2. The average molecular weight is 471 g/mol. The maximum Gasteiger partial charge on any atom is 0.257 e. The number of anilines is 1. The predicted octanol–water partition coefficient (Wildman–Crippen LogP) is 4.62. The first-order valence-corrected chi connectivity index (χ1v) is 11.8. The molecule has 1 aromatic heterocycles. The molecule has 5 rings (SSSR count). The van der Waals surface area contributed by atoms with Gasteiger partial charge in [0.15, 0.2) is 0 Å². The van der Waals surface area contributed by atoms with E-state index >= 15 is 0 Å². The Morgan fingerprint density at radius 2 is 1.94 bits per heavy atom. The Morgan fingerprint density at radius 3 is 2.66 bits per heavy atom. The topological polar surface area (TPSA) is 77.7 Å². The van der Waals surface area contributed by atoms with E-state index in [1.165, 1.54) is 0 Å². The van der Waals surface area contributed by atoms with Crippen LogP contribution in [0.1, 0.15) is 40.2 Å². The monoisotopic (exact) mass is 470 g/mol. The lowest BCUT2D eigenvalue weighted by Crippen LogP contribution is -2.43. The highest BCUT2D eigenvalue weighted by molar-refractivity contribution is 6.36. The van der Waals surface area contributed by atoms with Crippen LogP contribution in [0.4, 0.5) is 5.69 Å². The SMILES string of the molecule is COc1ccc(-c2cccc3c2C(=Cc2[nH]c(C)cc2C(=O)N2CCC[C@H]2N(C)C)C(=O)N3)cc1. The molecule has 3 heterocycles. The quantitative estimate of drug-likeness (QED) is 0.534. The third-order valence-corrected chi connectivity index (χ3v) is 6.81. The number of hydrogen-bond acceptors (Lipinski definition) is 4. The molecule has 3 aromatic rings. The van der Waals surface area contributed by atoms with E-state index in [0.717, 1.165) is 53.2 Å². The van der Waals surface area contributed by atoms with Crippen LogP contribution in [0, 0.1) is 6.92 Å². The van der Waals surface area contributed by atoms with Crippen molar-refractivity contribution in [1.82, 2.24) is 14.8 Å². The molecular weight excluding hydrogens is 440 g/mol. The summed E-state index contributed by atoms with van der Waals surface area (Å²) in [6.45, 7) is 2.66. The van der Waals surface area contributed by atoms with Crippen molar-refractivity contribution in [3.05, 3.63) is 71.0 Å². The number of benzene rings is 2. The second-order valence-corrected chi connectivity index (χ2v) is 9.33. The number of carbonyl (C=O) groups is 2. The fraction of sp³-hybridized carbons (Fsp3) is 0.286. The van der Waals surface area contributed by atoms with Crippen molar-refractivity contribution in [1.29, 1.82) is 0 Å². The first-order chi connectivity index (χ1) is 16.9.